The third-order valence-electron chi connectivity index (χ3n) is 2.48. The highest BCUT2D eigenvalue weighted by molar-refractivity contribution is 7.91. The second-order valence-corrected chi connectivity index (χ2v) is 7.12. The third-order valence-corrected chi connectivity index (χ3v) is 5.28. The second-order valence-electron chi connectivity index (χ2n) is 4.17. The minimum atomic E-state index is -3.60. The number of thiophene rings is 1. The molecule has 0 fully saturated rings. The van der Waals surface area contributed by atoms with Gasteiger partial charge in [-0.05, 0) is 36.1 Å². The molecule has 0 aliphatic carbocycles. The van der Waals surface area contributed by atoms with Crippen LogP contribution < -0.4 is 10.0 Å². The zero-order chi connectivity index (χ0) is 14.6. The molecule has 0 atom stereocenters. The smallest absolute Gasteiger partial charge is 0.250 e. The van der Waals surface area contributed by atoms with Gasteiger partial charge in [-0.15, -0.1) is 11.3 Å². The van der Waals surface area contributed by atoms with Gasteiger partial charge >= 0.3 is 0 Å². The molecule has 1 aromatic carbocycles. The summed E-state index contributed by atoms with van der Waals surface area (Å²) in [5, 5.41) is 4.31. The number of benzene rings is 1. The molecule has 0 aliphatic rings. The first-order valence-corrected chi connectivity index (χ1v) is 8.23. The Bertz CT molecular complexity index is 694. The maximum atomic E-state index is 11.8. The van der Waals surface area contributed by atoms with Crippen molar-refractivity contribution in [2.24, 2.45) is 0 Å². The van der Waals surface area contributed by atoms with E-state index in [4.69, 9.17) is 0 Å². The SMILES string of the molecule is Cc1cccc(NC(=O)CNS(=O)(=O)c2cccs2)c1. The summed E-state index contributed by atoms with van der Waals surface area (Å²) in [6.07, 6.45) is 0. The van der Waals surface area contributed by atoms with Crippen molar-refractivity contribution in [3.8, 4) is 0 Å². The topological polar surface area (TPSA) is 75.3 Å². The van der Waals surface area contributed by atoms with Crippen LogP contribution in [0.3, 0.4) is 0 Å². The Balaban J connectivity index is 1.93. The van der Waals surface area contributed by atoms with E-state index >= 15 is 0 Å². The standard InChI is InChI=1S/C13H14N2O3S2/c1-10-4-2-5-11(8-10)15-12(16)9-14-20(17,18)13-6-3-7-19-13/h2-8,14H,9H2,1H3,(H,15,16). The summed E-state index contributed by atoms with van der Waals surface area (Å²) in [5.41, 5.74) is 1.66. The van der Waals surface area contributed by atoms with Gasteiger partial charge in [0.25, 0.3) is 10.0 Å². The molecule has 0 saturated heterocycles. The molecule has 20 heavy (non-hydrogen) atoms. The van der Waals surface area contributed by atoms with Gasteiger partial charge in [0.05, 0.1) is 6.54 Å². The number of sulfonamides is 1. The second kappa shape index (κ2) is 6.17. The Morgan fingerprint density at radius 3 is 2.70 bits per heavy atom. The van der Waals surface area contributed by atoms with Gasteiger partial charge in [-0.1, -0.05) is 18.2 Å². The van der Waals surface area contributed by atoms with Crippen LogP contribution in [-0.2, 0) is 14.8 Å². The molecule has 7 heteroatoms. The summed E-state index contributed by atoms with van der Waals surface area (Å²) in [6.45, 7) is 1.61. The maximum absolute atomic E-state index is 11.8. The summed E-state index contributed by atoms with van der Waals surface area (Å²) in [5.74, 6) is -0.407. The highest BCUT2D eigenvalue weighted by Crippen LogP contribution is 2.15. The number of anilines is 1. The first-order valence-electron chi connectivity index (χ1n) is 5.87. The van der Waals surface area contributed by atoms with Gasteiger partial charge in [0, 0.05) is 5.69 Å². The number of hydrogen-bond donors (Lipinski definition) is 2. The molecule has 2 rings (SSSR count). The lowest BCUT2D eigenvalue weighted by Crippen LogP contribution is -2.32. The van der Waals surface area contributed by atoms with E-state index in [-0.39, 0.29) is 10.8 Å². The molecule has 1 aromatic heterocycles. The summed E-state index contributed by atoms with van der Waals surface area (Å²) in [7, 11) is -3.60. The molecule has 0 aliphatic heterocycles. The molecule has 2 aromatic rings. The molecule has 0 unspecified atom stereocenters. The quantitative estimate of drug-likeness (QED) is 0.886. The van der Waals surface area contributed by atoms with Gasteiger partial charge < -0.3 is 5.32 Å². The van der Waals surface area contributed by atoms with Crippen molar-refractivity contribution in [2.75, 3.05) is 11.9 Å². The Kier molecular flexibility index (Phi) is 4.53. The van der Waals surface area contributed by atoms with Crippen LogP contribution in [0.1, 0.15) is 5.56 Å². The van der Waals surface area contributed by atoms with E-state index in [1.165, 1.54) is 6.07 Å². The van der Waals surface area contributed by atoms with E-state index in [2.05, 4.69) is 10.0 Å². The van der Waals surface area contributed by atoms with Crippen molar-refractivity contribution in [3.05, 3.63) is 47.3 Å². The van der Waals surface area contributed by atoms with Crippen molar-refractivity contribution in [3.63, 3.8) is 0 Å². The van der Waals surface area contributed by atoms with E-state index in [1.54, 1.807) is 17.5 Å². The zero-order valence-electron chi connectivity index (χ0n) is 10.8. The first kappa shape index (κ1) is 14.7. The Labute approximate surface area is 121 Å². The average Bonchev–Trinajstić information content (AvgIpc) is 2.91. The van der Waals surface area contributed by atoms with Gasteiger partial charge in [-0.3, -0.25) is 4.79 Å². The van der Waals surface area contributed by atoms with Crippen LogP contribution >= 0.6 is 11.3 Å². The molecule has 0 saturated carbocycles. The molecule has 1 amide bonds. The molecule has 106 valence electrons. The molecular weight excluding hydrogens is 296 g/mol. The molecule has 5 nitrogen and oxygen atoms in total. The van der Waals surface area contributed by atoms with Crippen molar-refractivity contribution in [2.45, 2.75) is 11.1 Å². The lowest BCUT2D eigenvalue weighted by molar-refractivity contribution is -0.115. The molecular formula is C13H14N2O3S2. The summed E-state index contributed by atoms with van der Waals surface area (Å²) >= 11 is 1.11. The Hall–Kier alpha value is -1.70. The van der Waals surface area contributed by atoms with Crippen LogP contribution in [0.2, 0.25) is 0 Å². The average molecular weight is 310 g/mol. The fourth-order valence-corrected chi connectivity index (χ4v) is 3.60. The van der Waals surface area contributed by atoms with Crippen LogP contribution in [0.25, 0.3) is 0 Å². The van der Waals surface area contributed by atoms with E-state index in [9.17, 15) is 13.2 Å². The van der Waals surface area contributed by atoms with E-state index in [0.717, 1.165) is 16.9 Å². The van der Waals surface area contributed by atoms with Crippen molar-refractivity contribution < 1.29 is 13.2 Å². The predicted molar refractivity (Wildman–Crippen MR) is 79.3 cm³/mol. The van der Waals surface area contributed by atoms with Gasteiger partial charge in [-0.25, -0.2) is 13.1 Å². The Morgan fingerprint density at radius 1 is 1.25 bits per heavy atom. The van der Waals surface area contributed by atoms with Crippen LogP contribution in [0.15, 0.2) is 46.0 Å². The van der Waals surface area contributed by atoms with Crippen molar-refractivity contribution >= 4 is 33.0 Å². The largest absolute Gasteiger partial charge is 0.325 e. The highest BCUT2D eigenvalue weighted by Gasteiger charge is 2.16. The van der Waals surface area contributed by atoms with E-state index in [1.807, 2.05) is 25.1 Å². The number of aryl methyl sites for hydroxylation is 1. The van der Waals surface area contributed by atoms with Gasteiger partial charge in [-0.2, -0.15) is 0 Å². The van der Waals surface area contributed by atoms with Gasteiger partial charge in [0.15, 0.2) is 0 Å². The lowest BCUT2D eigenvalue weighted by Gasteiger charge is -2.07. The monoisotopic (exact) mass is 310 g/mol. The summed E-state index contributed by atoms with van der Waals surface area (Å²) in [6, 6.07) is 10.4. The normalized spacial score (nSPS) is 11.2. The summed E-state index contributed by atoms with van der Waals surface area (Å²) < 4.78 is 26.1. The molecule has 1 heterocycles. The summed E-state index contributed by atoms with van der Waals surface area (Å²) in [4.78, 5) is 11.7. The number of amides is 1. The first-order chi connectivity index (χ1) is 9.47. The van der Waals surface area contributed by atoms with Crippen LogP contribution in [-0.4, -0.2) is 20.9 Å². The number of carbonyl (C=O) groups excluding carboxylic acids is 1. The fourth-order valence-electron chi connectivity index (χ4n) is 1.58. The van der Waals surface area contributed by atoms with Crippen molar-refractivity contribution in [1.82, 2.24) is 4.72 Å². The molecule has 2 N–H and O–H groups in total. The molecule has 0 spiro atoms. The van der Waals surface area contributed by atoms with Crippen LogP contribution in [0, 0.1) is 6.92 Å². The Morgan fingerprint density at radius 2 is 2.05 bits per heavy atom. The minimum absolute atomic E-state index is 0.195. The number of carbonyl (C=O) groups is 1. The molecule has 0 radical (unpaired) electrons. The van der Waals surface area contributed by atoms with E-state index < -0.39 is 15.9 Å². The maximum Gasteiger partial charge on any atom is 0.250 e. The van der Waals surface area contributed by atoms with Gasteiger partial charge in [0.2, 0.25) is 5.91 Å². The van der Waals surface area contributed by atoms with Crippen molar-refractivity contribution in [1.29, 1.82) is 0 Å². The van der Waals surface area contributed by atoms with Gasteiger partial charge in [0.1, 0.15) is 4.21 Å². The predicted octanol–water partition coefficient (Wildman–Crippen LogP) is 1.97. The number of nitrogens with one attached hydrogen (secondary N) is 2. The zero-order valence-corrected chi connectivity index (χ0v) is 12.4. The minimum Gasteiger partial charge on any atom is -0.325 e. The van der Waals surface area contributed by atoms with Crippen LogP contribution in [0.5, 0.6) is 0 Å². The molecule has 0 bridgehead atoms. The highest BCUT2D eigenvalue weighted by atomic mass is 32.2. The van der Waals surface area contributed by atoms with Crippen LogP contribution in [0.4, 0.5) is 5.69 Å². The number of hydrogen-bond acceptors (Lipinski definition) is 4. The lowest BCUT2D eigenvalue weighted by atomic mass is 10.2. The number of rotatable bonds is 5. The third kappa shape index (κ3) is 3.89. The van der Waals surface area contributed by atoms with E-state index in [0.29, 0.717) is 5.69 Å². The fraction of sp³-hybridized carbons (Fsp3) is 0.154.